The summed E-state index contributed by atoms with van der Waals surface area (Å²) in [5, 5.41) is 25.5. The monoisotopic (exact) mass is 700 g/mol. The van der Waals surface area contributed by atoms with Crippen molar-refractivity contribution >= 4 is 65.5 Å². The van der Waals surface area contributed by atoms with Gasteiger partial charge in [0.1, 0.15) is 0 Å². The molecular formula is C49H28N6. The van der Waals surface area contributed by atoms with Gasteiger partial charge in [-0.05, 0) is 108 Å². The SMILES string of the molecule is N#Cc1cc(-c2cccc(-n3c4cccnc4c4ccc5c(c6ccccc6n5-c5ccccc5)c43)c2)cc(-n2c3ccccc3c3cc(C#N)ccc32)c1. The molecular weight excluding hydrogens is 673 g/mol. The molecule has 7 aromatic carbocycles. The fourth-order valence-electron chi connectivity index (χ4n) is 8.61. The van der Waals surface area contributed by atoms with E-state index < -0.39 is 0 Å². The minimum absolute atomic E-state index is 0.564. The molecule has 0 spiro atoms. The topological polar surface area (TPSA) is 75.3 Å². The standard InChI is InChI=1S/C49H28N6/c50-29-31-19-21-44-41(26-31)38-14-4-6-16-42(38)54(44)37-25-32(30-51)24-34(28-37)33-10-8-13-36(27-33)55-46-18-9-23-52-48(46)40-20-22-45-47(49(40)55)39-15-5-7-17-43(39)53(45)35-11-2-1-3-12-35/h1-28H. The van der Waals surface area contributed by atoms with Crippen LogP contribution in [-0.2, 0) is 0 Å². The summed E-state index contributed by atoms with van der Waals surface area (Å²) in [6.45, 7) is 0. The van der Waals surface area contributed by atoms with E-state index in [-0.39, 0.29) is 0 Å². The lowest BCUT2D eigenvalue weighted by Gasteiger charge is -2.14. The Balaban J connectivity index is 1.17. The van der Waals surface area contributed by atoms with E-state index in [1.54, 1.807) is 0 Å². The number of rotatable bonds is 4. The molecule has 0 atom stereocenters. The molecule has 0 aliphatic heterocycles. The van der Waals surface area contributed by atoms with Crippen molar-refractivity contribution in [3.63, 3.8) is 0 Å². The third-order valence-electron chi connectivity index (χ3n) is 10.9. The molecule has 0 fully saturated rings. The Morgan fingerprint density at radius 3 is 1.91 bits per heavy atom. The first kappa shape index (κ1) is 30.7. The van der Waals surface area contributed by atoms with Crippen LogP contribution in [0.15, 0.2) is 170 Å². The number of hydrogen-bond donors (Lipinski definition) is 0. The van der Waals surface area contributed by atoms with Gasteiger partial charge in [0.2, 0.25) is 0 Å². The molecule has 0 saturated carbocycles. The average Bonchev–Trinajstić information content (AvgIpc) is 3.89. The Hall–Kier alpha value is -7.93. The molecule has 55 heavy (non-hydrogen) atoms. The van der Waals surface area contributed by atoms with Crippen molar-refractivity contribution in [2.24, 2.45) is 0 Å². The quantitative estimate of drug-likeness (QED) is 0.183. The average molecular weight is 701 g/mol. The largest absolute Gasteiger partial charge is 0.309 e. The fraction of sp³-hybridized carbons (Fsp3) is 0. The number of pyridine rings is 1. The lowest BCUT2D eigenvalue weighted by molar-refractivity contribution is 1.17. The van der Waals surface area contributed by atoms with Gasteiger partial charge in [-0.1, -0.05) is 66.7 Å². The molecule has 4 aromatic heterocycles. The second-order valence-electron chi connectivity index (χ2n) is 13.9. The lowest BCUT2D eigenvalue weighted by atomic mass is 10.0. The van der Waals surface area contributed by atoms with Crippen LogP contribution in [0.5, 0.6) is 0 Å². The van der Waals surface area contributed by atoms with E-state index in [2.05, 4.69) is 141 Å². The van der Waals surface area contributed by atoms with Crippen LogP contribution in [-0.4, -0.2) is 18.7 Å². The maximum absolute atomic E-state index is 10.3. The molecule has 254 valence electrons. The Kier molecular flexibility index (Phi) is 6.58. The molecule has 0 N–H and O–H groups in total. The zero-order valence-corrected chi connectivity index (χ0v) is 29.3. The first-order chi connectivity index (χ1) is 27.2. The van der Waals surface area contributed by atoms with Crippen LogP contribution in [0.2, 0.25) is 0 Å². The zero-order valence-electron chi connectivity index (χ0n) is 29.3. The molecule has 11 rings (SSSR count). The highest BCUT2D eigenvalue weighted by molar-refractivity contribution is 6.25. The number of fused-ring (bicyclic) bond motifs is 10. The van der Waals surface area contributed by atoms with Gasteiger partial charge in [0.25, 0.3) is 0 Å². The number of aromatic nitrogens is 4. The van der Waals surface area contributed by atoms with Gasteiger partial charge in [-0.15, -0.1) is 0 Å². The van der Waals surface area contributed by atoms with E-state index >= 15 is 0 Å². The minimum Gasteiger partial charge on any atom is -0.309 e. The normalized spacial score (nSPS) is 11.6. The summed E-state index contributed by atoms with van der Waals surface area (Å²) >= 11 is 0. The van der Waals surface area contributed by atoms with Crippen molar-refractivity contribution in [1.29, 1.82) is 10.5 Å². The molecule has 0 saturated heterocycles. The molecule has 0 radical (unpaired) electrons. The number of para-hydroxylation sites is 3. The summed E-state index contributed by atoms with van der Waals surface area (Å²) in [4.78, 5) is 4.93. The van der Waals surface area contributed by atoms with Gasteiger partial charge in [0.15, 0.2) is 0 Å². The number of nitriles is 2. The predicted octanol–water partition coefficient (Wildman–Crippen LogP) is 11.8. The van der Waals surface area contributed by atoms with Crippen LogP contribution >= 0.6 is 0 Å². The van der Waals surface area contributed by atoms with Crippen LogP contribution in [0.4, 0.5) is 0 Å². The van der Waals surface area contributed by atoms with Crippen LogP contribution in [0, 0.1) is 22.7 Å². The lowest BCUT2D eigenvalue weighted by Crippen LogP contribution is -1.97. The Bertz CT molecular complexity index is 3460. The van der Waals surface area contributed by atoms with E-state index in [0.29, 0.717) is 11.1 Å². The van der Waals surface area contributed by atoms with Crippen LogP contribution in [0.3, 0.4) is 0 Å². The summed E-state index contributed by atoms with van der Waals surface area (Å²) in [5.41, 5.74) is 13.4. The van der Waals surface area contributed by atoms with Crippen molar-refractivity contribution in [2.45, 2.75) is 0 Å². The van der Waals surface area contributed by atoms with E-state index in [9.17, 15) is 10.5 Å². The van der Waals surface area contributed by atoms with Gasteiger partial charge in [0.05, 0.1) is 61.9 Å². The highest BCUT2D eigenvalue weighted by Crippen LogP contribution is 2.42. The summed E-state index contributed by atoms with van der Waals surface area (Å²) in [5.74, 6) is 0. The van der Waals surface area contributed by atoms with E-state index in [4.69, 9.17) is 4.98 Å². The highest BCUT2D eigenvalue weighted by atomic mass is 15.0. The molecule has 6 nitrogen and oxygen atoms in total. The Labute approximate surface area is 315 Å². The van der Waals surface area contributed by atoms with Gasteiger partial charge >= 0.3 is 0 Å². The molecule has 0 amide bonds. The van der Waals surface area contributed by atoms with Gasteiger partial charge in [-0.2, -0.15) is 10.5 Å². The Morgan fingerprint density at radius 2 is 1.07 bits per heavy atom. The van der Waals surface area contributed by atoms with Crippen LogP contribution in [0.25, 0.3) is 93.7 Å². The van der Waals surface area contributed by atoms with E-state index in [1.165, 1.54) is 10.8 Å². The van der Waals surface area contributed by atoms with Crippen LogP contribution in [0.1, 0.15) is 11.1 Å². The molecule has 0 bridgehead atoms. The van der Waals surface area contributed by atoms with Crippen molar-refractivity contribution in [2.75, 3.05) is 0 Å². The molecule has 6 heteroatoms. The Morgan fingerprint density at radius 1 is 0.400 bits per heavy atom. The van der Waals surface area contributed by atoms with Crippen molar-refractivity contribution in [3.05, 3.63) is 181 Å². The van der Waals surface area contributed by atoms with Crippen molar-refractivity contribution in [1.82, 2.24) is 18.7 Å². The maximum Gasteiger partial charge on any atom is 0.0992 e. The predicted molar refractivity (Wildman–Crippen MR) is 222 cm³/mol. The third kappa shape index (κ3) is 4.50. The van der Waals surface area contributed by atoms with Gasteiger partial charge in [-0.25, -0.2) is 0 Å². The number of nitrogens with zero attached hydrogens (tertiary/aromatic N) is 6. The first-order valence-electron chi connectivity index (χ1n) is 18.2. The molecule has 0 aliphatic rings. The summed E-state index contributed by atoms with van der Waals surface area (Å²) in [6.07, 6.45) is 1.87. The molecule has 4 heterocycles. The zero-order chi connectivity index (χ0) is 36.6. The number of hydrogen-bond acceptors (Lipinski definition) is 3. The third-order valence-corrected chi connectivity index (χ3v) is 10.9. The van der Waals surface area contributed by atoms with E-state index in [1.807, 2.05) is 54.7 Å². The molecule has 11 aromatic rings. The molecule has 0 unspecified atom stereocenters. The number of benzene rings is 7. The first-order valence-corrected chi connectivity index (χ1v) is 18.2. The van der Waals surface area contributed by atoms with Crippen molar-refractivity contribution in [3.8, 4) is 40.3 Å². The van der Waals surface area contributed by atoms with Crippen molar-refractivity contribution < 1.29 is 0 Å². The minimum atomic E-state index is 0.564. The van der Waals surface area contributed by atoms with Gasteiger partial charge in [-0.3, -0.25) is 4.98 Å². The van der Waals surface area contributed by atoms with E-state index in [0.717, 1.165) is 83.0 Å². The van der Waals surface area contributed by atoms with Gasteiger partial charge in [0, 0.05) is 50.2 Å². The highest BCUT2D eigenvalue weighted by Gasteiger charge is 2.22. The smallest absolute Gasteiger partial charge is 0.0992 e. The molecule has 0 aliphatic carbocycles. The van der Waals surface area contributed by atoms with Gasteiger partial charge < -0.3 is 13.7 Å². The summed E-state index contributed by atoms with van der Waals surface area (Å²) in [7, 11) is 0. The summed E-state index contributed by atoms with van der Waals surface area (Å²) < 4.78 is 6.89. The second kappa shape index (κ2) is 11.8. The van der Waals surface area contributed by atoms with Crippen LogP contribution < -0.4 is 0 Å². The maximum atomic E-state index is 10.3. The second-order valence-corrected chi connectivity index (χ2v) is 13.9. The summed E-state index contributed by atoms with van der Waals surface area (Å²) in [6, 6.07) is 61.1. The fourth-order valence-corrected chi connectivity index (χ4v) is 8.61.